The standard InChI is InChI=1S/C10H20N2O3/c1-8(2)5-6-11-9(13)7-12(3)10(14)15-4/h8H,5-7H2,1-4H3,(H,11,13). The predicted octanol–water partition coefficient (Wildman–Crippen LogP) is 0.847. The van der Waals surface area contributed by atoms with Crippen molar-refractivity contribution in [1.82, 2.24) is 10.2 Å². The van der Waals surface area contributed by atoms with Gasteiger partial charge < -0.3 is 15.0 Å². The molecule has 0 aromatic rings. The lowest BCUT2D eigenvalue weighted by Gasteiger charge is -2.15. The molecule has 0 aliphatic heterocycles. The quantitative estimate of drug-likeness (QED) is 0.741. The number of hydrogen-bond donors (Lipinski definition) is 1. The number of carbonyl (C=O) groups is 2. The highest BCUT2D eigenvalue weighted by atomic mass is 16.5. The minimum atomic E-state index is -0.506. The van der Waals surface area contributed by atoms with Crippen molar-refractivity contribution in [1.29, 1.82) is 0 Å². The van der Waals surface area contributed by atoms with E-state index in [1.807, 2.05) is 0 Å². The van der Waals surface area contributed by atoms with E-state index in [0.29, 0.717) is 12.5 Å². The first kappa shape index (κ1) is 13.7. The lowest BCUT2D eigenvalue weighted by atomic mass is 10.1. The molecule has 5 nitrogen and oxygen atoms in total. The van der Waals surface area contributed by atoms with Crippen LogP contribution in [0.3, 0.4) is 0 Å². The van der Waals surface area contributed by atoms with Crippen molar-refractivity contribution in [2.45, 2.75) is 20.3 Å². The topological polar surface area (TPSA) is 58.6 Å². The number of ether oxygens (including phenoxy) is 1. The van der Waals surface area contributed by atoms with Crippen molar-refractivity contribution >= 4 is 12.0 Å². The van der Waals surface area contributed by atoms with Crippen LogP contribution in [-0.2, 0) is 9.53 Å². The fraction of sp³-hybridized carbons (Fsp3) is 0.800. The van der Waals surface area contributed by atoms with Gasteiger partial charge in [0.2, 0.25) is 5.91 Å². The van der Waals surface area contributed by atoms with E-state index in [0.717, 1.165) is 6.42 Å². The van der Waals surface area contributed by atoms with Crippen molar-refractivity contribution in [3.63, 3.8) is 0 Å². The first-order valence-corrected chi connectivity index (χ1v) is 5.03. The SMILES string of the molecule is COC(=O)N(C)CC(=O)NCCC(C)C. The maximum Gasteiger partial charge on any atom is 0.409 e. The largest absolute Gasteiger partial charge is 0.453 e. The van der Waals surface area contributed by atoms with E-state index in [1.165, 1.54) is 19.1 Å². The third-order valence-electron chi connectivity index (χ3n) is 1.91. The Bertz CT molecular complexity index is 217. The second kappa shape index (κ2) is 7.09. The van der Waals surface area contributed by atoms with Gasteiger partial charge in [-0.05, 0) is 12.3 Å². The molecule has 0 rings (SSSR count). The Kier molecular flexibility index (Phi) is 6.49. The molecule has 0 spiro atoms. The monoisotopic (exact) mass is 216 g/mol. The third-order valence-corrected chi connectivity index (χ3v) is 1.91. The maximum atomic E-state index is 11.3. The molecule has 0 fully saturated rings. The van der Waals surface area contributed by atoms with Crippen molar-refractivity contribution < 1.29 is 14.3 Å². The van der Waals surface area contributed by atoms with Crippen molar-refractivity contribution in [2.24, 2.45) is 5.92 Å². The van der Waals surface area contributed by atoms with E-state index in [-0.39, 0.29) is 12.5 Å². The number of likely N-dealkylation sites (N-methyl/N-ethyl adjacent to an activating group) is 1. The molecule has 88 valence electrons. The lowest BCUT2D eigenvalue weighted by Crippen LogP contribution is -2.38. The van der Waals surface area contributed by atoms with Gasteiger partial charge in [-0.3, -0.25) is 4.79 Å². The van der Waals surface area contributed by atoms with Gasteiger partial charge in [0.05, 0.1) is 7.11 Å². The Hall–Kier alpha value is -1.26. The molecule has 0 atom stereocenters. The van der Waals surface area contributed by atoms with Crippen LogP contribution in [-0.4, -0.2) is 44.1 Å². The molecule has 0 aromatic carbocycles. The average molecular weight is 216 g/mol. The predicted molar refractivity (Wildman–Crippen MR) is 57.5 cm³/mol. The average Bonchev–Trinajstić information content (AvgIpc) is 2.15. The molecule has 0 unspecified atom stereocenters. The first-order chi connectivity index (χ1) is 6.97. The molecule has 0 aliphatic carbocycles. The second-order valence-corrected chi connectivity index (χ2v) is 3.86. The van der Waals surface area contributed by atoms with Crippen LogP contribution in [0.5, 0.6) is 0 Å². The smallest absolute Gasteiger partial charge is 0.409 e. The lowest BCUT2D eigenvalue weighted by molar-refractivity contribution is -0.121. The van der Waals surface area contributed by atoms with Crippen LogP contribution >= 0.6 is 0 Å². The summed E-state index contributed by atoms with van der Waals surface area (Å²) in [6.07, 6.45) is 0.433. The third kappa shape index (κ3) is 6.76. The highest BCUT2D eigenvalue weighted by molar-refractivity contribution is 5.81. The first-order valence-electron chi connectivity index (χ1n) is 5.03. The second-order valence-electron chi connectivity index (χ2n) is 3.86. The summed E-state index contributed by atoms with van der Waals surface area (Å²) in [6.45, 7) is 4.86. The number of hydrogen-bond acceptors (Lipinski definition) is 3. The van der Waals surface area contributed by atoms with Gasteiger partial charge in [0, 0.05) is 13.6 Å². The molecule has 15 heavy (non-hydrogen) atoms. The van der Waals surface area contributed by atoms with E-state index < -0.39 is 6.09 Å². The summed E-state index contributed by atoms with van der Waals surface area (Å²) in [5, 5.41) is 2.74. The van der Waals surface area contributed by atoms with Crippen molar-refractivity contribution in [3.8, 4) is 0 Å². The minimum Gasteiger partial charge on any atom is -0.453 e. The van der Waals surface area contributed by atoms with Gasteiger partial charge in [-0.2, -0.15) is 0 Å². The molecule has 2 amide bonds. The van der Waals surface area contributed by atoms with Crippen LogP contribution in [0.1, 0.15) is 20.3 Å². The number of rotatable bonds is 5. The van der Waals surface area contributed by atoms with E-state index in [9.17, 15) is 9.59 Å². The summed E-state index contributed by atoms with van der Waals surface area (Å²) in [4.78, 5) is 23.5. The maximum absolute atomic E-state index is 11.3. The fourth-order valence-corrected chi connectivity index (χ4v) is 0.992. The molecule has 1 N–H and O–H groups in total. The number of methoxy groups -OCH3 is 1. The zero-order valence-electron chi connectivity index (χ0n) is 9.87. The van der Waals surface area contributed by atoms with Gasteiger partial charge in [-0.25, -0.2) is 4.79 Å². The van der Waals surface area contributed by atoms with E-state index in [2.05, 4.69) is 23.9 Å². The van der Waals surface area contributed by atoms with Crippen molar-refractivity contribution in [2.75, 3.05) is 27.2 Å². The number of carbonyl (C=O) groups excluding carboxylic acids is 2. The zero-order valence-corrected chi connectivity index (χ0v) is 9.87. The zero-order chi connectivity index (χ0) is 11.8. The Morgan fingerprint density at radius 1 is 1.40 bits per heavy atom. The Balaban J connectivity index is 3.69. The van der Waals surface area contributed by atoms with E-state index >= 15 is 0 Å². The number of nitrogens with zero attached hydrogens (tertiary/aromatic N) is 1. The molecule has 0 aromatic heterocycles. The number of amides is 2. The van der Waals surface area contributed by atoms with Crippen molar-refractivity contribution in [3.05, 3.63) is 0 Å². The molecule has 5 heteroatoms. The summed E-state index contributed by atoms with van der Waals surface area (Å²) < 4.78 is 4.46. The molecular formula is C10H20N2O3. The highest BCUT2D eigenvalue weighted by Crippen LogP contribution is 1.96. The van der Waals surface area contributed by atoms with Gasteiger partial charge in [0.25, 0.3) is 0 Å². The van der Waals surface area contributed by atoms with Crippen LogP contribution < -0.4 is 5.32 Å². The Morgan fingerprint density at radius 2 is 2.00 bits per heavy atom. The van der Waals surface area contributed by atoms with Crippen LogP contribution in [0.15, 0.2) is 0 Å². The van der Waals surface area contributed by atoms with Gasteiger partial charge in [-0.1, -0.05) is 13.8 Å². The number of nitrogens with one attached hydrogen (secondary N) is 1. The van der Waals surface area contributed by atoms with E-state index in [4.69, 9.17) is 0 Å². The molecule has 0 saturated heterocycles. The van der Waals surface area contributed by atoms with Gasteiger partial charge in [0.15, 0.2) is 0 Å². The van der Waals surface area contributed by atoms with Crippen LogP contribution in [0.4, 0.5) is 4.79 Å². The molecule has 0 bridgehead atoms. The summed E-state index contributed by atoms with van der Waals surface area (Å²) in [6, 6.07) is 0. The Morgan fingerprint density at radius 3 is 2.47 bits per heavy atom. The van der Waals surface area contributed by atoms with Crippen LogP contribution in [0.2, 0.25) is 0 Å². The highest BCUT2D eigenvalue weighted by Gasteiger charge is 2.11. The summed E-state index contributed by atoms with van der Waals surface area (Å²) in [5.41, 5.74) is 0. The molecule has 0 heterocycles. The fourth-order valence-electron chi connectivity index (χ4n) is 0.992. The van der Waals surface area contributed by atoms with Gasteiger partial charge >= 0.3 is 6.09 Å². The van der Waals surface area contributed by atoms with Crippen LogP contribution in [0, 0.1) is 5.92 Å². The van der Waals surface area contributed by atoms with Gasteiger partial charge in [-0.15, -0.1) is 0 Å². The molecule has 0 saturated carbocycles. The summed E-state index contributed by atoms with van der Waals surface area (Å²) >= 11 is 0. The summed E-state index contributed by atoms with van der Waals surface area (Å²) in [7, 11) is 2.81. The van der Waals surface area contributed by atoms with Crippen LogP contribution in [0.25, 0.3) is 0 Å². The minimum absolute atomic E-state index is 0.0325. The normalized spacial score (nSPS) is 9.93. The molecule has 0 aliphatic rings. The Labute approximate surface area is 90.8 Å². The molecule has 0 radical (unpaired) electrons. The van der Waals surface area contributed by atoms with Gasteiger partial charge in [0.1, 0.15) is 6.54 Å². The molecular weight excluding hydrogens is 196 g/mol. The summed E-state index contributed by atoms with van der Waals surface area (Å²) in [5.74, 6) is 0.396. The van der Waals surface area contributed by atoms with E-state index in [1.54, 1.807) is 0 Å².